The summed E-state index contributed by atoms with van der Waals surface area (Å²) in [6.07, 6.45) is 0.623. The number of anilines is 1. The molecule has 0 radical (unpaired) electrons. The number of rotatable bonds is 3. The molecule has 1 aliphatic heterocycles. The Bertz CT molecular complexity index is 558. The molecule has 7 nitrogen and oxygen atoms in total. The minimum Gasteiger partial charge on any atom is -0.301 e. The molecule has 2 heterocycles. The lowest BCUT2D eigenvalue weighted by Gasteiger charge is -2.12. The van der Waals surface area contributed by atoms with Crippen molar-refractivity contribution in [2.45, 2.75) is 23.1 Å². The monoisotopic (exact) mass is 310 g/mol. The molecule has 1 N–H and O–H groups in total. The van der Waals surface area contributed by atoms with E-state index >= 15 is 0 Å². The number of halogens is 1. The van der Waals surface area contributed by atoms with E-state index in [0.717, 1.165) is 11.3 Å². The molecule has 1 fully saturated rings. The molecule has 1 atom stereocenters. The van der Waals surface area contributed by atoms with Gasteiger partial charge in [0.2, 0.25) is 15.4 Å². The molecule has 1 aromatic rings. The second-order valence-corrected chi connectivity index (χ2v) is 7.51. The van der Waals surface area contributed by atoms with E-state index in [1.807, 2.05) is 0 Å². The van der Waals surface area contributed by atoms with Crippen molar-refractivity contribution in [1.29, 1.82) is 0 Å². The molecule has 10 heteroatoms. The standard InChI is InChI=1S/C8H11ClN4O3S2/c1-5(14)10-7-11-12-8(17-7)18(15,16)13-3-2-6(9)4-13/h6H,2-4H2,1H3,(H,10,11,14). The summed E-state index contributed by atoms with van der Waals surface area (Å²) in [6.45, 7) is 1.97. The van der Waals surface area contributed by atoms with Crippen LogP contribution < -0.4 is 5.32 Å². The van der Waals surface area contributed by atoms with Crippen molar-refractivity contribution in [3.63, 3.8) is 0 Å². The maximum Gasteiger partial charge on any atom is 0.272 e. The van der Waals surface area contributed by atoms with Crippen LogP contribution in [0.25, 0.3) is 0 Å². The van der Waals surface area contributed by atoms with Crippen molar-refractivity contribution in [3.05, 3.63) is 0 Å². The topological polar surface area (TPSA) is 92.3 Å². The van der Waals surface area contributed by atoms with Gasteiger partial charge in [0.05, 0.1) is 0 Å². The van der Waals surface area contributed by atoms with Gasteiger partial charge in [0, 0.05) is 25.4 Å². The quantitative estimate of drug-likeness (QED) is 0.648. The van der Waals surface area contributed by atoms with E-state index in [1.165, 1.54) is 11.2 Å². The molecule has 100 valence electrons. The highest BCUT2D eigenvalue weighted by atomic mass is 35.5. The number of hydrogen-bond donors (Lipinski definition) is 1. The van der Waals surface area contributed by atoms with Crippen LogP contribution in [0.1, 0.15) is 13.3 Å². The van der Waals surface area contributed by atoms with Gasteiger partial charge in [-0.2, -0.15) is 4.31 Å². The fourth-order valence-electron chi connectivity index (χ4n) is 1.53. The molecule has 0 aliphatic carbocycles. The molecule has 0 spiro atoms. The average molecular weight is 311 g/mol. The predicted octanol–water partition coefficient (Wildman–Crippen LogP) is 0.498. The van der Waals surface area contributed by atoms with Crippen LogP contribution in [0.15, 0.2) is 4.34 Å². The Morgan fingerprint density at radius 3 is 2.83 bits per heavy atom. The van der Waals surface area contributed by atoms with Crippen molar-refractivity contribution >= 4 is 44.0 Å². The molecule has 0 aromatic carbocycles. The zero-order chi connectivity index (χ0) is 13.3. The van der Waals surface area contributed by atoms with Crippen molar-refractivity contribution in [2.75, 3.05) is 18.4 Å². The van der Waals surface area contributed by atoms with E-state index in [9.17, 15) is 13.2 Å². The van der Waals surface area contributed by atoms with Gasteiger partial charge in [-0.05, 0) is 6.42 Å². The van der Waals surface area contributed by atoms with Crippen molar-refractivity contribution in [1.82, 2.24) is 14.5 Å². The van der Waals surface area contributed by atoms with Crippen LogP contribution in [0, 0.1) is 0 Å². The summed E-state index contributed by atoms with van der Waals surface area (Å²) in [5.41, 5.74) is 0. The van der Waals surface area contributed by atoms with Gasteiger partial charge in [-0.15, -0.1) is 21.8 Å². The third kappa shape index (κ3) is 2.79. The van der Waals surface area contributed by atoms with Crippen LogP contribution in [0.3, 0.4) is 0 Å². The SMILES string of the molecule is CC(=O)Nc1nnc(S(=O)(=O)N2CCC(Cl)C2)s1. The van der Waals surface area contributed by atoms with Gasteiger partial charge >= 0.3 is 0 Å². The Kier molecular flexibility index (Phi) is 3.85. The molecule has 1 unspecified atom stereocenters. The lowest BCUT2D eigenvalue weighted by molar-refractivity contribution is -0.114. The van der Waals surface area contributed by atoms with Crippen molar-refractivity contribution in [2.24, 2.45) is 0 Å². The smallest absolute Gasteiger partial charge is 0.272 e. The lowest BCUT2D eigenvalue weighted by Crippen LogP contribution is -2.28. The number of nitrogens with zero attached hydrogens (tertiary/aromatic N) is 3. The van der Waals surface area contributed by atoms with Crippen LogP contribution in [0.5, 0.6) is 0 Å². The Morgan fingerprint density at radius 1 is 1.56 bits per heavy atom. The largest absolute Gasteiger partial charge is 0.301 e. The van der Waals surface area contributed by atoms with Gasteiger partial charge in [0.25, 0.3) is 10.0 Å². The maximum atomic E-state index is 12.1. The van der Waals surface area contributed by atoms with Crippen LogP contribution in [0.2, 0.25) is 0 Å². The molecule has 1 aromatic heterocycles. The summed E-state index contributed by atoms with van der Waals surface area (Å²) < 4.78 is 25.4. The molecule has 2 rings (SSSR count). The summed E-state index contributed by atoms with van der Waals surface area (Å²) in [4.78, 5) is 10.8. The number of alkyl halides is 1. The normalized spacial score (nSPS) is 21.1. The number of amides is 1. The average Bonchev–Trinajstić information content (AvgIpc) is 2.86. The first-order valence-corrected chi connectivity index (χ1v) is 7.84. The predicted molar refractivity (Wildman–Crippen MR) is 67.2 cm³/mol. The summed E-state index contributed by atoms with van der Waals surface area (Å²) in [6, 6.07) is 0. The first-order chi connectivity index (χ1) is 8.39. The van der Waals surface area contributed by atoms with Gasteiger partial charge in [-0.25, -0.2) is 8.42 Å². The summed E-state index contributed by atoms with van der Waals surface area (Å²) >= 11 is 6.71. The Morgan fingerprint density at radius 2 is 2.28 bits per heavy atom. The zero-order valence-corrected chi connectivity index (χ0v) is 11.8. The number of hydrogen-bond acceptors (Lipinski definition) is 6. The van der Waals surface area contributed by atoms with E-state index in [-0.39, 0.29) is 27.3 Å². The first kappa shape index (κ1) is 13.7. The van der Waals surface area contributed by atoms with Crippen molar-refractivity contribution < 1.29 is 13.2 Å². The second-order valence-electron chi connectivity index (χ2n) is 3.80. The van der Waals surface area contributed by atoms with E-state index in [2.05, 4.69) is 15.5 Å². The molecule has 0 bridgehead atoms. The minimum absolute atomic E-state index is 0.128. The Hall–Kier alpha value is -0.770. The van der Waals surface area contributed by atoms with Gasteiger partial charge < -0.3 is 5.32 Å². The molecule has 1 saturated heterocycles. The van der Waals surface area contributed by atoms with E-state index < -0.39 is 10.0 Å². The highest BCUT2D eigenvalue weighted by Crippen LogP contribution is 2.27. The molecular formula is C8H11ClN4O3S2. The molecule has 1 aliphatic rings. The number of carbonyl (C=O) groups excluding carboxylic acids is 1. The van der Waals surface area contributed by atoms with Crippen molar-refractivity contribution in [3.8, 4) is 0 Å². The van der Waals surface area contributed by atoms with Gasteiger partial charge in [0.15, 0.2) is 0 Å². The first-order valence-electron chi connectivity index (χ1n) is 5.15. The van der Waals surface area contributed by atoms with Crippen LogP contribution in [0.4, 0.5) is 5.13 Å². The van der Waals surface area contributed by atoms with Gasteiger partial charge in [-0.1, -0.05) is 11.3 Å². The molecule has 1 amide bonds. The maximum absolute atomic E-state index is 12.1. The van der Waals surface area contributed by atoms with Crippen LogP contribution in [-0.4, -0.2) is 47.3 Å². The van der Waals surface area contributed by atoms with E-state index in [1.54, 1.807) is 0 Å². The second kappa shape index (κ2) is 5.08. The van der Waals surface area contributed by atoms with E-state index in [0.29, 0.717) is 13.0 Å². The lowest BCUT2D eigenvalue weighted by atomic mass is 10.4. The van der Waals surface area contributed by atoms with Crippen LogP contribution in [-0.2, 0) is 14.8 Å². The fraction of sp³-hybridized carbons (Fsp3) is 0.625. The Labute approximate surface area is 113 Å². The fourth-order valence-corrected chi connectivity index (χ4v) is 4.46. The molecular weight excluding hydrogens is 300 g/mol. The molecule has 18 heavy (non-hydrogen) atoms. The minimum atomic E-state index is -3.64. The number of nitrogens with one attached hydrogen (secondary N) is 1. The van der Waals surface area contributed by atoms with Crippen LogP contribution >= 0.6 is 22.9 Å². The number of carbonyl (C=O) groups is 1. The number of sulfonamides is 1. The van der Waals surface area contributed by atoms with E-state index in [4.69, 9.17) is 11.6 Å². The summed E-state index contributed by atoms with van der Waals surface area (Å²) in [5.74, 6) is -0.322. The third-order valence-corrected chi connectivity index (χ3v) is 5.75. The zero-order valence-electron chi connectivity index (χ0n) is 9.46. The number of aromatic nitrogens is 2. The Balaban J connectivity index is 2.20. The highest BCUT2D eigenvalue weighted by Gasteiger charge is 2.34. The van der Waals surface area contributed by atoms with Gasteiger partial charge in [0.1, 0.15) is 0 Å². The third-order valence-electron chi connectivity index (χ3n) is 2.34. The highest BCUT2D eigenvalue weighted by molar-refractivity contribution is 7.91. The summed E-state index contributed by atoms with van der Waals surface area (Å²) in [5, 5.41) is 9.60. The van der Waals surface area contributed by atoms with Gasteiger partial charge in [-0.3, -0.25) is 4.79 Å². The molecule has 0 saturated carbocycles. The summed E-state index contributed by atoms with van der Waals surface area (Å²) in [7, 11) is -3.64.